The lowest BCUT2D eigenvalue weighted by Crippen LogP contribution is -2.34. The predicted molar refractivity (Wildman–Crippen MR) is 98.6 cm³/mol. The minimum absolute atomic E-state index is 0.117. The van der Waals surface area contributed by atoms with Crippen LogP contribution >= 0.6 is 12.2 Å². The molecule has 0 saturated carbocycles. The van der Waals surface area contributed by atoms with Gasteiger partial charge in [0.2, 0.25) is 0 Å². The summed E-state index contributed by atoms with van der Waals surface area (Å²) in [6.45, 7) is 4.04. The second-order valence-electron chi connectivity index (χ2n) is 5.32. The highest BCUT2D eigenvalue weighted by Crippen LogP contribution is 2.16. The lowest BCUT2D eigenvalue weighted by atomic mass is 10.2. The molecule has 24 heavy (non-hydrogen) atoms. The molecule has 5 nitrogen and oxygen atoms in total. The Hall–Kier alpha value is -2.60. The summed E-state index contributed by atoms with van der Waals surface area (Å²) in [5.74, 6) is 0.523. The molecule has 6 heteroatoms. The number of phenols is 1. The first kappa shape index (κ1) is 17.7. The van der Waals surface area contributed by atoms with Crippen LogP contribution in [-0.4, -0.2) is 22.2 Å². The third kappa shape index (κ3) is 5.24. The van der Waals surface area contributed by atoms with Gasteiger partial charge in [-0.2, -0.15) is 0 Å². The summed E-state index contributed by atoms with van der Waals surface area (Å²) in [6.07, 6.45) is 1.04. The molecule has 0 fully saturated rings. The maximum atomic E-state index is 12.2. The Morgan fingerprint density at radius 1 is 1.25 bits per heavy atom. The zero-order valence-electron chi connectivity index (χ0n) is 13.6. The van der Waals surface area contributed by atoms with Crippen molar-refractivity contribution in [3.63, 3.8) is 0 Å². The van der Waals surface area contributed by atoms with E-state index in [2.05, 4.69) is 10.6 Å². The molecule has 0 bridgehead atoms. The number of aromatic hydroxyl groups is 1. The standard InChI is InChI=1S/C18H20N2O3S/c1-3-12(2)23-16-9-7-13(8-10-16)17(22)20-18(24)19-14-5-4-6-15(21)11-14/h4-12,21H,3H2,1-2H3,(H2,19,20,22,24). The number of hydrogen-bond donors (Lipinski definition) is 3. The largest absolute Gasteiger partial charge is 0.508 e. The number of nitrogens with one attached hydrogen (secondary N) is 2. The summed E-state index contributed by atoms with van der Waals surface area (Å²) in [5.41, 5.74) is 1.07. The molecule has 0 aliphatic carbocycles. The van der Waals surface area contributed by atoms with E-state index in [0.29, 0.717) is 11.3 Å². The van der Waals surface area contributed by atoms with Crippen molar-refractivity contribution >= 4 is 28.9 Å². The normalized spacial score (nSPS) is 11.4. The summed E-state index contributed by atoms with van der Waals surface area (Å²) < 4.78 is 5.68. The van der Waals surface area contributed by atoms with Crippen molar-refractivity contribution in [1.29, 1.82) is 0 Å². The van der Waals surface area contributed by atoms with E-state index in [4.69, 9.17) is 17.0 Å². The molecule has 1 atom stereocenters. The summed E-state index contributed by atoms with van der Waals surface area (Å²) in [7, 11) is 0. The Morgan fingerprint density at radius 3 is 2.58 bits per heavy atom. The maximum absolute atomic E-state index is 12.2. The van der Waals surface area contributed by atoms with Crippen LogP contribution in [-0.2, 0) is 0 Å². The number of phenolic OH excluding ortho intramolecular Hbond substituents is 1. The highest BCUT2D eigenvalue weighted by molar-refractivity contribution is 7.80. The fraction of sp³-hybridized carbons (Fsp3) is 0.222. The van der Waals surface area contributed by atoms with E-state index < -0.39 is 0 Å². The number of amides is 1. The topological polar surface area (TPSA) is 70.6 Å². The Labute approximate surface area is 146 Å². The number of benzene rings is 2. The quantitative estimate of drug-likeness (QED) is 0.722. The van der Waals surface area contributed by atoms with Gasteiger partial charge in [0.25, 0.3) is 5.91 Å². The zero-order chi connectivity index (χ0) is 17.5. The Balaban J connectivity index is 1.93. The number of hydrogen-bond acceptors (Lipinski definition) is 4. The molecular weight excluding hydrogens is 324 g/mol. The Bertz CT molecular complexity index is 716. The van der Waals surface area contributed by atoms with E-state index in [1.165, 1.54) is 6.07 Å². The van der Waals surface area contributed by atoms with Crippen molar-refractivity contribution in [2.24, 2.45) is 0 Å². The van der Waals surface area contributed by atoms with Gasteiger partial charge in [-0.15, -0.1) is 0 Å². The van der Waals surface area contributed by atoms with Gasteiger partial charge in [-0.1, -0.05) is 13.0 Å². The number of ether oxygens (including phenoxy) is 1. The molecule has 2 aromatic carbocycles. The van der Waals surface area contributed by atoms with Gasteiger partial charge < -0.3 is 15.2 Å². The van der Waals surface area contributed by atoms with Crippen LogP contribution in [0.15, 0.2) is 48.5 Å². The summed E-state index contributed by atoms with van der Waals surface area (Å²) in [6, 6.07) is 13.4. The van der Waals surface area contributed by atoms with Crippen LogP contribution in [0.1, 0.15) is 30.6 Å². The fourth-order valence-electron chi connectivity index (χ4n) is 1.92. The first-order valence-corrected chi connectivity index (χ1v) is 8.07. The Kier molecular flexibility index (Phi) is 6.14. The number of thiocarbonyl (C=S) groups is 1. The highest BCUT2D eigenvalue weighted by atomic mass is 32.1. The highest BCUT2D eigenvalue weighted by Gasteiger charge is 2.09. The van der Waals surface area contributed by atoms with Crippen LogP contribution in [0.4, 0.5) is 5.69 Å². The minimum atomic E-state index is -0.317. The molecule has 0 aromatic heterocycles. The lowest BCUT2D eigenvalue weighted by molar-refractivity contribution is 0.0977. The van der Waals surface area contributed by atoms with Gasteiger partial charge in [-0.3, -0.25) is 10.1 Å². The van der Waals surface area contributed by atoms with Gasteiger partial charge in [0.1, 0.15) is 11.5 Å². The van der Waals surface area contributed by atoms with Crippen LogP contribution in [0, 0.1) is 0 Å². The third-order valence-corrected chi connectivity index (χ3v) is 3.56. The van der Waals surface area contributed by atoms with E-state index >= 15 is 0 Å². The number of carbonyl (C=O) groups excluding carboxylic acids is 1. The molecule has 0 radical (unpaired) electrons. The molecule has 3 N–H and O–H groups in total. The van der Waals surface area contributed by atoms with Crippen LogP contribution in [0.5, 0.6) is 11.5 Å². The SMILES string of the molecule is CCC(C)Oc1ccc(C(=O)NC(=S)Nc2cccc(O)c2)cc1. The molecule has 1 amide bonds. The summed E-state index contributed by atoms with van der Waals surface area (Å²) >= 11 is 5.10. The summed E-state index contributed by atoms with van der Waals surface area (Å²) in [5, 5.41) is 15.0. The van der Waals surface area contributed by atoms with Crippen molar-refractivity contribution in [1.82, 2.24) is 5.32 Å². The molecule has 2 aromatic rings. The second-order valence-corrected chi connectivity index (χ2v) is 5.73. The van der Waals surface area contributed by atoms with Crippen molar-refractivity contribution < 1.29 is 14.6 Å². The van der Waals surface area contributed by atoms with Crippen LogP contribution in [0.2, 0.25) is 0 Å². The van der Waals surface area contributed by atoms with Crippen molar-refractivity contribution in [3.05, 3.63) is 54.1 Å². The molecule has 0 heterocycles. The molecule has 0 saturated heterocycles. The third-order valence-electron chi connectivity index (χ3n) is 3.36. The van der Waals surface area contributed by atoms with E-state index in [1.807, 2.05) is 13.8 Å². The smallest absolute Gasteiger partial charge is 0.257 e. The van der Waals surface area contributed by atoms with Gasteiger partial charge >= 0.3 is 0 Å². The van der Waals surface area contributed by atoms with E-state index in [-0.39, 0.29) is 22.9 Å². The molecular formula is C18H20N2O3S. The first-order chi connectivity index (χ1) is 11.5. The van der Waals surface area contributed by atoms with Gasteiger partial charge in [-0.25, -0.2) is 0 Å². The molecule has 0 aliphatic rings. The van der Waals surface area contributed by atoms with Crippen molar-refractivity contribution in [2.75, 3.05) is 5.32 Å². The van der Waals surface area contributed by atoms with E-state index in [9.17, 15) is 9.90 Å². The Morgan fingerprint density at radius 2 is 1.96 bits per heavy atom. The van der Waals surface area contributed by atoms with Crippen molar-refractivity contribution in [2.45, 2.75) is 26.4 Å². The van der Waals surface area contributed by atoms with Crippen LogP contribution < -0.4 is 15.4 Å². The van der Waals surface area contributed by atoms with Gasteiger partial charge in [-0.05, 0) is 62.0 Å². The minimum Gasteiger partial charge on any atom is -0.508 e. The van der Waals surface area contributed by atoms with E-state index in [0.717, 1.165) is 12.2 Å². The van der Waals surface area contributed by atoms with Gasteiger partial charge in [0, 0.05) is 17.3 Å². The van der Waals surface area contributed by atoms with Gasteiger partial charge in [0.15, 0.2) is 5.11 Å². The van der Waals surface area contributed by atoms with Crippen LogP contribution in [0.25, 0.3) is 0 Å². The first-order valence-electron chi connectivity index (χ1n) is 7.66. The zero-order valence-corrected chi connectivity index (χ0v) is 14.4. The average molecular weight is 344 g/mol. The van der Waals surface area contributed by atoms with Crippen molar-refractivity contribution in [3.8, 4) is 11.5 Å². The number of anilines is 1. The molecule has 2 rings (SSSR count). The van der Waals surface area contributed by atoms with Gasteiger partial charge in [0.05, 0.1) is 6.10 Å². The van der Waals surface area contributed by atoms with E-state index in [1.54, 1.807) is 42.5 Å². The fourth-order valence-corrected chi connectivity index (χ4v) is 2.13. The number of carbonyl (C=O) groups is 1. The monoisotopic (exact) mass is 344 g/mol. The lowest BCUT2D eigenvalue weighted by Gasteiger charge is -2.13. The maximum Gasteiger partial charge on any atom is 0.257 e. The second kappa shape index (κ2) is 8.31. The summed E-state index contributed by atoms with van der Waals surface area (Å²) in [4.78, 5) is 12.2. The van der Waals surface area contributed by atoms with Crippen LogP contribution in [0.3, 0.4) is 0 Å². The molecule has 0 spiro atoms. The molecule has 1 unspecified atom stereocenters. The predicted octanol–water partition coefficient (Wildman–Crippen LogP) is 3.70. The number of rotatable bonds is 5. The average Bonchev–Trinajstić information content (AvgIpc) is 2.55. The molecule has 126 valence electrons. The molecule has 0 aliphatic heterocycles.